The largest absolute Gasteiger partial charge is 0.480 e. The van der Waals surface area contributed by atoms with Crippen molar-refractivity contribution in [2.75, 3.05) is 25.1 Å². The number of carbonyl (C=O) groups is 4. The number of nitrogens with two attached hydrogens (primary N) is 5. The van der Waals surface area contributed by atoms with Crippen LogP contribution in [0.4, 0.5) is 0 Å². The number of nitrogens with zero attached hydrogens (tertiary/aromatic N) is 2. The van der Waals surface area contributed by atoms with Gasteiger partial charge in [0.1, 0.15) is 18.1 Å². The van der Waals surface area contributed by atoms with Crippen LogP contribution in [0.2, 0.25) is 0 Å². The maximum Gasteiger partial charge on any atom is 0.326 e. The maximum atomic E-state index is 13.1. The number of carboxylic acids is 1. The van der Waals surface area contributed by atoms with E-state index in [1.807, 2.05) is 6.26 Å². The van der Waals surface area contributed by atoms with Crippen molar-refractivity contribution in [1.82, 2.24) is 16.0 Å². The van der Waals surface area contributed by atoms with Crippen molar-refractivity contribution in [3.05, 3.63) is 0 Å². The molecule has 38 heavy (non-hydrogen) atoms. The first-order valence-corrected chi connectivity index (χ1v) is 13.7. The number of aliphatic carboxylic acids is 1. The molecule has 0 saturated heterocycles. The van der Waals surface area contributed by atoms with Crippen molar-refractivity contribution < 1.29 is 24.3 Å². The van der Waals surface area contributed by atoms with Gasteiger partial charge in [-0.05, 0) is 50.0 Å². The van der Waals surface area contributed by atoms with Crippen LogP contribution in [0.15, 0.2) is 9.98 Å². The van der Waals surface area contributed by atoms with Crippen molar-refractivity contribution in [2.24, 2.45) is 44.6 Å². The second-order valence-corrected chi connectivity index (χ2v) is 9.96. The molecule has 0 radical (unpaired) electrons. The normalized spacial score (nSPS) is 13.9. The summed E-state index contributed by atoms with van der Waals surface area (Å²) >= 11 is 1.49. The van der Waals surface area contributed by atoms with Gasteiger partial charge in [0.25, 0.3) is 0 Å². The molecular weight excluding hydrogens is 516 g/mol. The van der Waals surface area contributed by atoms with E-state index in [9.17, 15) is 24.3 Å². The predicted octanol–water partition coefficient (Wildman–Crippen LogP) is -2.63. The lowest BCUT2D eigenvalue weighted by Gasteiger charge is -2.25. The van der Waals surface area contributed by atoms with Crippen LogP contribution in [0.5, 0.6) is 0 Å². The van der Waals surface area contributed by atoms with Gasteiger partial charge in [0.05, 0.1) is 6.04 Å². The number of carboxylic acid groups (broad SMARTS) is 1. The number of hydrogen-bond donors (Lipinski definition) is 9. The highest BCUT2D eigenvalue weighted by atomic mass is 32.2. The number of hydrogen-bond acceptors (Lipinski definition) is 8. The molecule has 0 aliphatic carbocycles. The zero-order valence-corrected chi connectivity index (χ0v) is 23.1. The highest BCUT2D eigenvalue weighted by molar-refractivity contribution is 7.98. The Morgan fingerprint density at radius 1 is 0.763 bits per heavy atom. The van der Waals surface area contributed by atoms with Crippen molar-refractivity contribution in [3.63, 3.8) is 0 Å². The molecule has 0 fully saturated rings. The third kappa shape index (κ3) is 15.1. The van der Waals surface area contributed by atoms with Crippen LogP contribution in [0.1, 0.15) is 46.0 Å². The van der Waals surface area contributed by atoms with Gasteiger partial charge in [0, 0.05) is 13.1 Å². The van der Waals surface area contributed by atoms with Crippen molar-refractivity contribution in [2.45, 2.75) is 70.1 Å². The minimum atomic E-state index is -1.25. The summed E-state index contributed by atoms with van der Waals surface area (Å²) in [6.07, 6.45) is 2.95. The molecule has 4 unspecified atom stereocenters. The lowest BCUT2D eigenvalue weighted by molar-refractivity contribution is -0.142. The first-order chi connectivity index (χ1) is 17.8. The van der Waals surface area contributed by atoms with Crippen molar-refractivity contribution >= 4 is 47.4 Å². The highest BCUT2D eigenvalue weighted by Gasteiger charge is 2.30. The Kier molecular flexibility index (Phi) is 17.3. The van der Waals surface area contributed by atoms with E-state index in [1.54, 1.807) is 13.8 Å². The van der Waals surface area contributed by atoms with E-state index in [-0.39, 0.29) is 43.8 Å². The molecule has 0 aromatic heterocycles. The fourth-order valence-electron chi connectivity index (χ4n) is 3.15. The minimum absolute atomic E-state index is 0.0615. The number of nitrogens with one attached hydrogen (secondary N) is 3. The summed E-state index contributed by atoms with van der Waals surface area (Å²) in [6.45, 7) is 3.96. The Labute approximate surface area is 227 Å². The van der Waals surface area contributed by atoms with E-state index in [0.717, 1.165) is 0 Å². The third-order valence-corrected chi connectivity index (χ3v) is 6.05. The predicted molar refractivity (Wildman–Crippen MR) is 149 cm³/mol. The molecule has 0 aromatic rings. The van der Waals surface area contributed by atoms with Gasteiger partial charge < -0.3 is 49.7 Å². The van der Waals surface area contributed by atoms with E-state index in [1.165, 1.54) is 11.8 Å². The number of rotatable bonds is 19. The molecule has 0 aromatic carbocycles. The van der Waals surface area contributed by atoms with Gasteiger partial charge in [0.2, 0.25) is 17.7 Å². The van der Waals surface area contributed by atoms with E-state index in [0.29, 0.717) is 25.0 Å². The lowest BCUT2D eigenvalue weighted by atomic mass is 10.0. The van der Waals surface area contributed by atoms with Crippen LogP contribution < -0.4 is 44.6 Å². The van der Waals surface area contributed by atoms with Gasteiger partial charge in [-0.1, -0.05) is 13.8 Å². The molecule has 0 aliphatic rings. The summed E-state index contributed by atoms with van der Waals surface area (Å²) in [5.41, 5.74) is 27.1. The first-order valence-electron chi connectivity index (χ1n) is 12.3. The Balaban J connectivity index is 5.61. The van der Waals surface area contributed by atoms with E-state index in [2.05, 4.69) is 25.9 Å². The summed E-state index contributed by atoms with van der Waals surface area (Å²) < 4.78 is 0. The summed E-state index contributed by atoms with van der Waals surface area (Å²) in [4.78, 5) is 58.1. The third-order valence-electron chi connectivity index (χ3n) is 5.40. The fourth-order valence-corrected chi connectivity index (χ4v) is 3.62. The smallest absolute Gasteiger partial charge is 0.326 e. The number of thioether (sulfide) groups is 1. The molecule has 4 atom stereocenters. The molecule has 218 valence electrons. The molecule has 0 aliphatic heterocycles. The zero-order valence-electron chi connectivity index (χ0n) is 22.3. The maximum absolute atomic E-state index is 13.1. The fraction of sp³-hybridized carbons (Fsp3) is 0.727. The zero-order chi connectivity index (χ0) is 29.3. The molecule has 3 amide bonds. The second kappa shape index (κ2) is 18.9. The lowest BCUT2D eigenvalue weighted by Crippen LogP contribution is -2.57. The highest BCUT2D eigenvalue weighted by Crippen LogP contribution is 2.07. The van der Waals surface area contributed by atoms with Crippen molar-refractivity contribution in [1.29, 1.82) is 0 Å². The quantitative estimate of drug-likeness (QED) is 0.0447. The van der Waals surface area contributed by atoms with Crippen LogP contribution in [-0.4, -0.2) is 90.0 Å². The molecule has 0 rings (SSSR count). The average Bonchev–Trinajstić information content (AvgIpc) is 2.83. The first kappa shape index (κ1) is 34.7. The molecule has 0 spiro atoms. The number of aliphatic imine (C=N–C) groups is 2. The van der Waals surface area contributed by atoms with Gasteiger partial charge in [0.15, 0.2) is 11.9 Å². The van der Waals surface area contributed by atoms with Gasteiger partial charge in [-0.2, -0.15) is 11.8 Å². The molecule has 16 heteroatoms. The Morgan fingerprint density at radius 2 is 1.18 bits per heavy atom. The molecule has 0 saturated carbocycles. The molecule has 14 N–H and O–H groups in total. The molecular formula is C22H44N10O5S. The minimum Gasteiger partial charge on any atom is -0.480 e. The second-order valence-electron chi connectivity index (χ2n) is 8.97. The van der Waals surface area contributed by atoms with Crippen LogP contribution in [-0.2, 0) is 19.2 Å². The summed E-state index contributed by atoms with van der Waals surface area (Å²) in [7, 11) is 0. The summed E-state index contributed by atoms with van der Waals surface area (Å²) in [6, 6.07) is -4.09. The van der Waals surface area contributed by atoms with Crippen LogP contribution >= 0.6 is 11.8 Å². The standard InChI is InChI=1S/C22H44N10O5S/c1-12(2)16(23)19(35)31-14(8-11-38-3)18(34)30-13(6-4-9-28-21(24)25)17(33)32-15(20(36)37)7-5-10-29-22(26)27/h12-16H,4-11,23H2,1-3H3,(H,30,34)(H,31,35)(H,32,33)(H,36,37)(H4,24,25,28)(H4,26,27,29). The van der Waals surface area contributed by atoms with E-state index < -0.39 is 47.9 Å². The SMILES string of the molecule is CSCCC(NC(=O)C(N)C(C)C)C(=O)NC(CCCN=C(N)N)C(=O)NC(CCCN=C(N)N)C(=O)O. The Hall–Kier alpha value is -3.27. The molecule has 0 heterocycles. The average molecular weight is 561 g/mol. The van der Waals surface area contributed by atoms with Crippen LogP contribution in [0, 0.1) is 5.92 Å². The number of guanidine groups is 2. The Morgan fingerprint density at radius 3 is 1.61 bits per heavy atom. The van der Waals surface area contributed by atoms with Gasteiger partial charge in [-0.15, -0.1) is 0 Å². The van der Waals surface area contributed by atoms with E-state index in [4.69, 9.17) is 28.7 Å². The molecule has 15 nitrogen and oxygen atoms in total. The van der Waals surface area contributed by atoms with Gasteiger partial charge in [-0.25, -0.2) is 4.79 Å². The van der Waals surface area contributed by atoms with Gasteiger partial charge in [-0.3, -0.25) is 24.4 Å². The summed E-state index contributed by atoms with van der Waals surface area (Å²) in [5, 5.41) is 17.3. The van der Waals surface area contributed by atoms with Crippen LogP contribution in [0.3, 0.4) is 0 Å². The Bertz CT molecular complexity index is 831. The van der Waals surface area contributed by atoms with E-state index >= 15 is 0 Å². The number of amides is 3. The monoisotopic (exact) mass is 560 g/mol. The molecule has 0 bridgehead atoms. The van der Waals surface area contributed by atoms with Crippen molar-refractivity contribution in [3.8, 4) is 0 Å². The van der Waals surface area contributed by atoms with Crippen LogP contribution in [0.25, 0.3) is 0 Å². The summed E-state index contributed by atoms with van der Waals surface area (Å²) in [5.74, 6) is -2.86. The number of carbonyl (C=O) groups excluding carboxylic acids is 3. The van der Waals surface area contributed by atoms with Gasteiger partial charge >= 0.3 is 5.97 Å². The topological polar surface area (TPSA) is 279 Å².